The monoisotopic (exact) mass is 428 g/mol. The Morgan fingerprint density at radius 3 is 2.70 bits per heavy atom. The van der Waals surface area contributed by atoms with Crippen molar-refractivity contribution in [1.29, 1.82) is 0 Å². The minimum absolute atomic E-state index is 0.0273. The topological polar surface area (TPSA) is 69.0 Å². The Bertz CT molecular complexity index is 851. The number of hydrogen-bond donors (Lipinski definition) is 1. The summed E-state index contributed by atoms with van der Waals surface area (Å²) in [5.74, 6) is 0.829. The molecule has 3 aromatic rings. The van der Waals surface area contributed by atoms with Gasteiger partial charge >= 0.3 is 0 Å². The van der Waals surface area contributed by atoms with Crippen LogP contribution in [0.15, 0.2) is 65.7 Å². The van der Waals surface area contributed by atoms with Gasteiger partial charge in [-0.25, -0.2) is 9.67 Å². The maximum Gasteiger partial charge on any atom is 0.220 e. The van der Waals surface area contributed by atoms with Gasteiger partial charge in [0.05, 0.1) is 13.2 Å². The van der Waals surface area contributed by atoms with Crippen molar-refractivity contribution >= 4 is 21.8 Å². The second-order valence-electron chi connectivity index (χ2n) is 6.10. The van der Waals surface area contributed by atoms with Crippen LogP contribution in [0.2, 0.25) is 0 Å². The lowest BCUT2D eigenvalue weighted by molar-refractivity contribution is -0.121. The number of aromatic nitrogens is 3. The van der Waals surface area contributed by atoms with Gasteiger partial charge in [0.1, 0.15) is 18.4 Å². The summed E-state index contributed by atoms with van der Waals surface area (Å²) in [5.41, 5.74) is 2.20. The maximum atomic E-state index is 12.0. The van der Waals surface area contributed by atoms with Crippen molar-refractivity contribution in [1.82, 2.24) is 20.1 Å². The molecule has 140 valence electrons. The molecule has 1 N–H and O–H groups in total. The third-order valence-electron chi connectivity index (χ3n) is 3.94. The Kier molecular flexibility index (Phi) is 6.98. The van der Waals surface area contributed by atoms with Gasteiger partial charge in [-0.3, -0.25) is 4.79 Å². The second kappa shape index (κ2) is 9.87. The fraction of sp³-hybridized carbons (Fsp3) is 0.250. The van der Waals surface area contributed by atoms with Gasteiger partial charge in [0, 0.05) is 17.4 Å². The van der Waals surface area contributed by atoms with Crippen molar-refractivity contribution < 1.29 is 9.53 Å². The zero-order valence-electron chi connectivity index (χ0n) is 14.8. The molecule has 0 saturated heterocycles. The first-order chi connectivity index (χ1) is 13.2. The summed E-state index contributed by atoms with van der Waals surface area (Å²) < 4.78 is 8.38. The van der Waals surface area contributed by atoms with Crippen LogP contribution in [-0.4, -0.2) is 27.3 Å². The summed E-state index contributed by atoms with van der Waals surface area (Å²) in [6.45, 7) is 1.72. The molecular formula is C20H21BrN4O2. The van der Waals surface area contributed by atoms with Gasteiger partial charge in [0.25, 0.3) is 0 Å². The lowest BCUT2D eigenvalue weighted by atomic mass is 10.1. The third kappa shape index (κ3) is 6.53. The molecule has 0 radical (unpaired) electrons. The fourth-order valence-corrected chi connectivity index (χ4v) is 2.91. The highest BCUT2D eigenvalue weighted by Crippen LogP contribution is 2.17. The minimum Gasteiger partial charge on any atom is -0.494 e. The maximum absolute atomic E-state index is 12.0. The molecule has 0 saturated carbocycles. The van der Waals surface area contributed by atoms with E-state index in [0.717, 1.165) is 21.3 Å². The molecular weight excluding hydrogens is 408 g/mol. The summed E-state index contributed by atoms with van der Waals surface area (Å²) in [4.78, 5) is 15.9. The Morgan fingerprint density at radius 1 is 1.15 bits per heavy atom. The standard InChI is InChI=1S/C20H21BrN4O2/c21-18-3-1-4-19(11-18)27-10-2-5-20(26)23-12-16-6-8-17(9-7-16)13-25-15-22-14-24-25/h1,3-4,6-9,11,14-15H,2,5,10,12-13H2,(H,23,26). The SMILES string of the molecule is O=C(CCCOc1cccc(Br)c1)NCc1ccc(Cn2cncn2)cc1. The molecule has 0 atom stereocenters. The number of nitrogens with zero attached hydrogens (tertiary/aromatic N) is 3. The van der Waals surface area contributed by atoms with Gasteiger partial charge in [-0.2, -0.15) is 5.10 Å². The van der Waals surface area contributed by atoms with Crippen molar-refractivity contribution in [3.63, 3.8) is 0 Å². The number of carbonyl (C=O) groups is 1. The zero-order valence-corrected chi connectivity index (χ0v) is 16.4. The molecule has 7 heteroatoms. The van der Waals surface area contributed by atoms with E-state index in [1.54, 1.807) is 11.0 Å². The molecule has 2 aromatic carbocycles. The molecule has 0 unspecified atom stereocenters. The number of ether oxygens (including phenoxy) is 1. The zero-order chi connectivity index (χ0) is 18.9. The Morgan fingerprint density at radius 2 is 1.96 bits per heavy atom. The number of carbonyl (C=O) groups excluding carboxylic acids is 1. The van der Waals surface area contributed by atoms with Gasteiger partial charge in [-0.15, -0.1) is 0 Å². The van der Waals surface area contributed by atoms with Crippen molar-refractivity contribution in [2.75, 3.05) is 6.61 Å². The van der Waals surface area contributed by atoms with Crippen LogP contribution in [0.3, 0.4) is 0 Å². The smallest absolute Gasteiger partial charge is 0.220 e. The van der Waals surface area contributed by atoms with Gasteiger partial charge < -0.3 is 10.1 Å². The van der Waals surface area contributed by atoms with Crippen molar-refractivity contribution in [3.05, 3.63) is 76.8 Å². The summed E-state index contributed by atoms with van der Waals surface area (Å²) >= 11 is 3.40. The number of nitrogens with one attached hydrogen (secondary N) is 1. The first-order valence-corrected chi connectivity index (χ1v) is 9.53. The lowest BCUT2D eigenvalue weighted by Crippen LogP contribution is -2.23. The van der Waals surface area contributed by atoms with Crippen LogP contribution in [0, 0.1) is 0 Å². The van der Waals surface area contributed by atoms with E-state index in [4.69, 9.17) is 4.74 Å². The molecule has 0 bridgehead atoms. The van der Waals surface area contributed by atoms with Gasteiger partial charge in [0.2, 0.25) is 5.91 Å². The highest BCUT2D eigenvalue weighted by Gasteiger charge is 2.03. The largest absolute Gasteiger partial charge is 0.494 e. The van der Waals surface area contributed by atoms with E-state index >= 15 is 0 Å². The predicted molar refractivity (Wildman–Crippen MR) is 106 cm³/mol. The van der Waals surface area contributed by atoms with Crippen LogP contribution in [-0.2, 0) is 17.9 Å². The first-order valence-electron chi connectivity index (χ1n) is 8.74. The molecule has 1 amide bonds. The number of hydrogen-bond acceptors (Lipinski definition) is 4. The Labute approximate surface area is 166 Å². The van der Waals surface area contributed by atoms with Crippen molar-refractivity contribution in [2.45, 2.75) is 25.9 Å². The normalized spacial score (nSPS) is 10.6. The highest BCUT2D eigenvalue weighted by atomic mass is 79.9. The second-order valence-corrected chi connectivity index (χ2v) is 7.01. The van der Waals surface area contributed by atoms with E-state index in [1.165, 1.54) is 6.33 Å². The number of amides is 1. The molecule has 1 heterocycles. The van der Waals surface area contributed by atoms with Gasteiger partial charge in [0.15, 0.2) is 0 Å². The molecule has 0 fully saturated rings. The third-order valence-corrected chi connectivity index (χ3v) is 4.43. The molecule has 0 aliphatic carbocycles. The van der Waals surface area contributed by atoms with Crippen LogP contribution in [0.5, 0.6) is 5.75 Å². The van der Waals surface area contributed by atoms with E-state index in [1.807, 2.05) is 48.5 Å². The van der Waals surface area contributed by atoms with Crippen molar-refractivity contribution in [2.24, 2.45) is 0 Å². The molecule has 1 aromatic heterocycles. The van der Waals surface area contributed by atoms with Crippen LogP contribution < -0.4 is 10.1 Å². The number of halogens is 1. The number of benzene rings is 2. The average Bonchev–Trinajstić information content (AvgIpc) is 3.18. The lowest BCUT2D eigenvalue weighted by Gasteiger charge is -2.08. The summed E-state index contributed by atoms with van der Waals surface area (Å²) in [6.07, 6.45) is 4.33. The number of rotatable bonds is 9. The van der Waals surface area contributed by atoms with E-state index < -0.39 is 0 Å². The van der Waals surface area contributed by atoms with E-state index in [0.29, 0.717) is 32.5 Å². The van der Waals surface area contributed by atoms with Crippen LogP contribution in [0.25, 0.3) is 0 Å². The van der Waals surface area contributed by atoms with Crippen LogP contribution in [0.1, 0.15) is 24.0 Å². The quantitative estimate of drug-likeness (QED) is 0.528. The van der Waals surface area contributed by atoms with Crippen LogP contribution >= 0.6 is 15.9 Å². The van der Waals surface area contributed by atoms with Gasteiger partial charge in [-0.1, -0.05) is 46.3 Å². The first kappa shape index (κ1) is 19.1. The molecule has 6 nitrogen and oxygen atoms in total. The van der Waals surface area contributed by atoms with Gasteiger partial charge in [-0.05, 0) is 35.7 Å². The van der Waals surface area contributed by atoms with Crippen molar-refractivity contribution in [3.8, 4) is 5.75 Å². The summed E-state index contributed by atoms with van der Waals surface area (Å²) in [6, 6.07) is 15.8. The fourth-order valence-electron chi connectivity index (χ4n) is 2.53. The minimum atomic E-state index is 0.0273. The van der Waals surface area contributed by atoms with E-state index in [2.05, 4.69) is 31.3 Å². The Balaban J connectivity index is 1.34. The average molecular weight is 429 g/mol. The van der Waals surface area contributed by atoms with E-state index in [-0.39, 0.29) is 5.91 Å². The summed E-state index contributed by atoms with van der Waals surface area (Å²) in [7, 11) is 0. The summed E-state index contributed by atoms with van der Waals surface area (Å²) in [5, 5.41) is 7.03. The van der Waals surface area contributed by atoms with E-state index in [9.17, 15) is 4.79 Å². The molecule has 3 rings (SSSR count). The molecule has 0 spiro atoms. The molecule has 27 heavy (non-hydrogen) atoms. The highest BCUT2D eigenvalue weighted by molar-refractivity contribution is 9.10. The molecule has 0 aliphatic heterocycles. The van der Waals surface area contributed by atoms with Crippen LogP contribution in [0.4, 0.5) is 0 Å². The predicted octanol–water partition coefficient (Wildman–Crippen LogP) is 3.56. The molecule has 0 aliphatic rings. The Hall–Kier alpha value is -2.67.